The second kappa shape index (κ2) is 10.7. The molecule has 0 spiro atoms. The normalized spacial score (nSPS) is 11.1. The lowest BCUT2D eigenvalue weighted by molar-refractivity contribution is -0.384. The maximum Gasteiger partial charge on any atom is 0.373 e. The maximum atomic E-state index is 12.2. The van der Waals surface area contributed by atoms with E-state index in [1.165, 1.54) is 31.0 Å². The molecule has 0 aliphatic heterocycles. The Balaban J connectivity index is 1.40. The average Bonchev–Trinajstić information content (AvgIpc) is 3.48. The zero-order valence-corrected chi connectivity index (χ0v) is 19.4. The van der Waals surface area contributed by atoms with E-state index in [-0.39, 0.29) is 23.1 Å². The fourth-order valence-corrected chi connectivity index (χ4v) is 4.06. The molecule has 178 valence electrons. The molecule has 0 bridgehead atoms. The largest absolute Gasteiger partial charge is 0.463 e. The topological polar surface area (TPSA) is 129 Å². The number of benzene rings is 2. The molecule has 35 heavy (non-hydrogen) atoms. The summed E-state index contributed by atoms with van der Waals surface area (Å²) in [6.07, 6.45) is 3.45. The number of hydrogen-bond donors (Lipinski definition) is 1. The third-order valence-electron chi connectivity index (χ3n) is 5.00. The van der Waals surface area contributed by atoms with Crippen molar-refractivity contribution in [2.24, 2.45) is 5.10 Å². The van der Waals surface area contributed by atoms with E-state index in [0.29, 0.717) is 12.3 Å². The van der Waals surface area contributed by atoms with Crippen LogP contribution in [0.15, 0.2) is 81.3 Å². The SMILES string of the molecule is COC(=O)c1ccc(Cn2cc(/C=N\NC(=O)CSc3ccc([N+](=O)[O-])cc3)c3ccccc32)o1. The van der Waals surface area contributed by atoms with Crippen LogP contribution >= 0.6 is 11.8 Å². The highest BCUT2D eigenvalue weighted by Crippen LogP contribution is 2.23. The van der Waals surface area contributed by atoms with E-state index in [1.54, 1.807) is 30.5 Å². The number of nitrogens with one attached hydrogen (secondary N) is 1. The number of aromatic nitrogens is 1. The summed E-state index contributed by atoms with van der Waals surface area (Å²) in [5.74, 6) is -0.0118. The van der Waals surface area contributed by atoms with Crippen LogP contribution in [-0.4, -0.2) is 40.4 Å². The fourth-order valence-electron chi connectivity index (χ4n) is 3.37. The molecule has 0 radical (unpaired) electrons. The number of hydrogen-bond acceptors (Lipinski definition) is 8. The molecule has 11 heteroatoms. The minimum Gasteiger partial charge on any atom is -0.463 e. The van der Waals surface area contributed by atoms with Crippen LogP contribution in [0.1, 0.15) is 21.9 Å². The predicted molar refractivity (Wildman–Crippen MR) is 131 cm³/mol. The standard InChI is InChI=1S/C24H20N4O6S/c1-33-24(30)22-11-8-18(34-22)14-27-13-16(20-4-2-3-5-21(20)27)12-25-26-23(29)15-35-19-9-6-17(7-10-19)28(31)32/h2-13H,14-15H2,1H3,(H,26,29)/b25-12-. The predicted octanol–water partition coefficient (Wildman–Crippen LogP) is 4.22. The van der Waals surface area contributed by atoms with Crippen molar-refractivity contribution in [3.8, 4) is 0 Å². The first-order valence-corrected chi connectivity index (χ1v) is 11.4. The molecule has 1 N–H and O–H groups in total. The van der Waals surface area contributed by atoms with Crippen LogP contribution in [-0.2, 0) is 16.1 Å². The van der Waals surface area contributed by atoms with Crippen LogP contribution in [0.4, 0.5) is 5.69 Å². The number of ether oxygens (including phenoxy) is 1. The van der Waals surface area contributed by atoms with Gasteiger partial charge in [0.05, 0.1) is 30.5 Å². The number of para-hydroxylation sites is 1. The van der Waals surface area contributed by atoms with Gasteiger partial charge in [0.25, 0.3) is 5.69 Å². The average molecular weight is 493 g/mol. The number of carbonyl (C=O) groups excluding carboxylic acids is 2. The molecule has 0 aliphatic carbocycles. The van der Waals surface area contributed by atoms with Gasteiger partial charge in [-0.15, -0.1) is 11.8 Å². The van der Waals surface area contributed by atoms with Crippen molar-refractivity contribution in [2.45, 2.75) is 11.4 Å². The summed E-state index contributed by atoms with van der Waals surface area (Å²) >= 11 is 1.25. The smallest absolute Gasteiger partial charge is 0.373 e. The van der Waals surface area contributed by atoms with Gasteiger partial charge < -0.3 is 13.7 Å². The van der Waals surface area contributed by atoms with E-state index in [0.717, 1.165) is 21.4 Å². The highest BCUT2D eigenvalue weighted by molar-refractivity contribution is 8.00. The Morgan fingerprint density at radius 3 is 2.69 bits per heavy atom. The number of hydrazone groups is 1. The lowest BCUT2D eigenvalue weighted by atomic mass is 10.2. The van der Waals surface area contributed by atoms with Crippen molar-refractivity contribution < 1.29 is 23.7 Å². The number of methoxy groups -OCH3 is 1. The molecule has 10 nitrogen and oxygen atoms in total. The molecule has 2 aromatic heterocycles. The first-order valence-electron chi connectivity index (χ1n) is 10.4. The summed E-state index contributed by atoms with van der Waals surface area (Å²) in [5.41, 5.74) is 4.23. The van der Waals surface area contributed by atoms with Crippen LogP contribution in [0.3, 0.4) is 0 Å². The molecular formula is C24H20N4O6S. The summed E-state index contributed by atoms with van der Waals surface area (Å²) in [4.78, 5) is 34.8. The Labute approximate surface area is 203 Å². The van der Waals surface area contributed by atoms with Gasteiger partial charge in [0, 0.05) is 39.7 Å². The number of non-ortho nitro benzene ring substituents is 1. The number of nitro groups is 1. The molecule has 0 atom stereocenters. The summed E-state index contributed by atoms with van der Waals surface area (Å²) in [6.45, 7) is 0.392. The minimum absolute atomic E-state index is 0.00137. The van der Waals surface area contributed by atoms with Crippen molar-refractivity contribution in [2.75, 3.05) is 12.9 Å². The molecule has 0 fully saturated rings. The Kier molecular flexibility index (Phi) is 7.27. The van der Waals surface area contributed by atoms with Gasteiger partial charge in [0.2, 0.25) is 11.7 Å². The number of carbonyl (C=O) groups is 2. The Morgan fingerprint density at radius 2 is 1.94 bits per heavy atom. The third kappa shape index (κ3) is 5.76. The van der Waals surface area contributed by atoms with E-state index in [2.05, 4.69) is 15.3 Å². The molecular weight excluding hydrogens is 472 g/mol. The monoisotopic (exact) mass is 492 g/mol. The van der Waals surface area contributed by atoms with Crippen molar-refractivity contribution in [1.29, 1.82) is 0 Å². The Hall–Kier alpha value is -4.38. The highest BCUT2D eigenvalue weighted by atomic mass is 32.2. The second-order valence-corrected chi connectivity index (χ2v) is 8.37. The summed E-state index contributed by atoms with van der Waals surface area (Å²) in [7, 11) is 1.29. The third-order valence-corrected chi connectivity index (χ3v) is 6.02. The lowest BCUT2D eigenvalue weighted by Crippen LogP contribution is -2.19. The number of nitro benzene ring substituents is 1. The molecule has 0 unspecified atom stereocenters. The number of fused-ring (bicyclic) bond motifs is 1. The number of furan rings is 1. The van der Waals surface area contributed by atoms with Crippen LogP contribution < -0.4 is 5.43 Å². The first-order chi connectivity index (χ1) is 16.9. The van der Waals surface area contributed by atoms with Crippen molar-refractivity contribution >= 4 is 46.4 Å². The van der Waals surface area contributed by atoms with Crippen LogP contribution in [0, 0.1) is 10.1 Å². The van der Waals surface area contributed by atoms with Crippen molar-refractivity contribution in [3.63, 3.8) is 0 Å². The van der Waals surface area contributed by atoms with E-state index in [1.807, 2.05) is 35.0 Å². The minimum atomic E-state index is -0.538. The molecule has 2 aromatic carbocycles. The number of nitrogens with zero attached hydrogens (tertiary/aromatic N) is 3. The number of amides is 1. The second-order valence-electron chi connectivity index (χ2n) is 7.32. The number of esters is 1. The van der Waals surface area contributed by atoms with Crippen molar-refractivity contribution in [1.82, 2.24) is 9.99 Å². The molecule has 1 amide bonds. The quantitative estimate of drug-likeness (QED) is 0.122. The zero-order chi connectivity index (χ0) is 24.8. The van der Waals surface area contributed by atoms with E-state index in [4.69, 9.17) is 4.42 Å². The van der Waals surface area contributed by atoms with Crippen LogP contribution in [0.5, 0.6) is 0 Å². The van der Waals surface area contributed by atoms with Gasteiger partial charge in [0.1, 0.15) is 5.76 Å². The van der Waals surface area contributed by atoms with Gasteiger partial charge in [-0.2, -0.15) is 5.10 Å². The van der Waals surface area contributed by atoms with Gasteiger partial charge in [0.15, 0.2) is 0 Å². The van der Waals surface area contributed by atoms with Gasteiger partial charge in [-0.05, 0) is 30.3 Å². The van der Waals surface area contributed by atoms with E-state index in [9.17, 15) is 19.7 Å². The van der Waals surface area contributed by atoms with E-state index >= 15 is 0 Å². The van der Waals surface area contributed by atoms with Gasteiger partial charge in [-0.25, -0.2) is 10.2 Å². The van der Waals surface area contributed by atoms with Crippen molar-refractivity contribution in [3.05, 3.63) is 94.1 Å². The molecule has 4 aromatic rings. The highest BCUT2D eigenvalue weighted by Gasteiger charge is 2.13. The molecule has 0 aliphatic rings. The summed E-state index contributed by atoms with van der Waals surface area (Å²) in [6, 6.07) is 17.0. The Bertz CT molecular complexity index is 1410. The Morgan fingerprint density at radius 1 is 1.17 bits per heavy atom. The molecule has 0 saturated heterocycles. The first kappa shape index (κ1) is 23.8. The summed E-state index contributed by atoms with van der Waals surface area (Å²) in [5, 5.41) is 15.7. The van der Waals surface area contributed by atoms with Gasteiger partial charge >= 0.3 is 5.97 Å². The molecule has 2 heterocycles. The molecule has 0 saturated carbocycles. The maximum absolute atomic E-state index is 12.2. The van der Waals surface area contributed by atoms with E-state index < -0.39 is 10.9 Å². The number of thioether (sulfide) groups is 1. The summed E-state index contributed by atoms with van der Waals surface area (Å²) < 4.78 is 12.2. The zero-order valence-electron chi connectivity index (χ0n) is 18.5. The van der Waals surface area contributed by atoms with Crippen LogP contribution in [0.2, 0.25) is 0 Å². The fraction of sp³-hybridized carbons (Fsp3) is 0.125. The lowest BCUT2D eigenvalue weighted by Gasteiger charge is -2.02. The molecule has 4 rings (SSSR count). The van der Waals surface area contributed by atoms with Gasteiger partial charge in [-0.3, -0.25) is 14.9 Å². The van der Waals surface area contributed by atoms with Crippen LogP contribution in [0.25, 0.3) is 10.9 Å². The van der Waals surface area contributed by atoms with Gasteiger partial charge in [-0.1, -0.05) is 18.2 Å². The number of rotatable bonds is 9.